The molecule has 0 bridgehead atoms. The van der Waals surface area contributed by atoms with Crippen molar-refractivity contribution >= 4 is 0 Å². The Morgan fingerprint density at radius 1 is 1.20 bits per heavy atom. The van der Waals surface area contributed by atoms with Crippen molar-refractivity contribution in [2.75, 3.05) is 0 Å². The van der Waals surface area contributed by atoms with Gasteiger partial charge in [-0.25, -0.2) is 4.39 Å². The highest BCUT2D eigenvalue weighted by Gasteiger charge is 2.22. The maximum absolute atomic E-state index is 13.8. The summed E-state index contributed by atoms with van der Waals surface area (Å²) in [6.45, 7) is 2.17. The number of halogens is 1. The number of rotatable bonds is 2. The van der Waals surface area contributed by atoms with Crippen LogP contribution in [0, 0.1) is 5.92 Å². The van der Waals surface area contributed by atoms with Crippen LogP contribution in [0.3, 0.4) is 0 Å². The van der Waals surface area contributed by atoms with Crippen molar-refractivity contribution in [3.63, 3.8) is 0 Å². The van der Waals surface area contributed by atoms with Crippen LogP contribution in [0.15, 0.2) is 23.0 Å². The van der Waals surface area contributed by atoms with Crippen molar-refractivity contribution in [3.8, 4) is 0 Å². The van der Waals surface area contributed by atoms with Gasteiger partial charge in [0.1, 0.15) is 5.83 Å². The molecule has 0 aromatic carbocycles. The Morgan fingerprint density at radius 2 is 1.93 bits per heavy atom. The van der Waals surface area contributed by atoms with Gasteiger partial charge in [-0.2, -0.15) is 0 Å². The molecule has 1 fully saturated rings. The van der Waals surface area contributed by atoms with Gasteiger partial charge in [0.25, 0.3) is 0 Å². The Labute approximate surface area is 92.3 Å². The predicted octanol–water partition coefficient (Wildman–Crippen LogP) is 4.92. The van der Waals surface area contributed by atoms with E-state index in [9.17, 15) is 4.39 Å². The van der Waals surface area contributed by atoms with Gasteiger partial charge < -0.3 is 0 Å². The van der Waals surface area contributed by atoms with Crippen LogP contribution in [0.1, 0.15) is 58.3 Å². The lowest BCUT2D eigenvalue weighted by Gasteiger charge is -2.26. The first-order valence-corrected chi connectivity index (χ1v) is 6.39. The number of hydrogen-bond acceptors (Lipinski definition) is 0. The van der Waals surface area contributed by atoms with Crippen LogP contribution in [0.4, 0.5) is 4.39 Å². The smallest absolute Gasteiger partial charge is 0.104 e. The molecule has 0 nitrogen and oxygen atoms in total. The Hall–Kier alpha value is -0.590. The Morgan fingerprint density at radius 3 is 2.60 bits per heavy atom. The molecule has 1 heteroatoms. The minimum absolute atomic E-state index is 0.180. The van der Waals surface area contributed by atoms with E-state index in [2.05, 4.69) is 13.0 Å². The molecular weight excluding hydrogens is 187 g/mol. The molecule has 0 aromatic heterocycles. The van der Waals surface area contributed by atoms with E-state index in [0.717, 1.165) is 18.4 Å². The van der Waals surface area contributed by atoms with E-state index in [4.69, 9.17) is 0 Å². The van der Waals surface area contributed by atoms with E-state index in [-0.39, 0.29) is 5.83 Å². The second-order valence-corrected chi connectivity index (χ2v) is 4.85. The Balaban J connectivity index is 2.14. The Bertz CT molecular complexity index is 280. The molecule has 0 N–H and O–H groups in total. The van der Waals surface area contributed by atoms with Crippen LogP contribution >= 0.6 is 0 Å². The largest absolute Gasteiger partial charge is 0.212 e. The first-order valence-electron chi connectivity index (χ1n) is 6.39. The zero-order chi connectivity index (χ0) is 10.7. The van der Waals surface area contributed by atoms with E-state index in [1.807, 2.05) is 0 Å². The highest BCUT2D eigenvalue weighted by molar-refractivity contribution is 5.33. The van der Waals surface area contributed by atoms with Gasteiger partial charge in [0.15, 0.2) is 0 Å². The average Bonchev–Trinajstić information content (AvgIpc) is 2.31. The minimum Gasteiger partial charge on any atom is -0.212 e. The summed E-state index contributed by atoms with van der Waals surface area (Å²) in [6, 6.07) is 0. The second kappa shape index (κ2) is 4.96. The fraction of sp³-hybridized carbons (Fsp3) is 0.714. The van der Waals surface area contributed by atoms with Crippen LogP contribution in [0.5, 0.6) is 0 Å². The zero-order valence-corrected chi connectivity index (χ0v) is 9.69. The number of hydrogen-bond donors (Lipinski definition) is 0. The maximum atomic E-state index is 13.8. The van der Waals surface area contributed by atoms with Crippen LogP contribution < -0.4 is 0 Å². The summed E-state index contributed by atoms with van der Waals surface area (Å²) in [5.74, 6) is 0.708. The standard InChI is InChI=1S/C14H21F/c1-2-11-8-9-14(15)13(10-11)12-6-4-3-5-7-12/h10,12H,2-9H2,1H3. The third-order valence-corrected chi connectivity index (χ3v) is 3.84. The summed E-state index contributed by atoms with van der Waals surface area (Å²) in [5.41, 5.74) is 2.50. The van der Waals surface area contributed by atoms with Crippen LogP contribution in [0.25, 0.3) is 0 Å². The highest BCUT2D eigenvalue weighted by atomic mass is 19.1. The van der Waals surface area contributed by atoms with Crippen molar-refractivity contribution in [1.82, 2.24) is 0 Å². The summed E-state index contributed by atoms with van der Waals surface area (Å²) >= 11 is 0. The normalized spacial score (nSPS) is 24.3. The van der Waals surface area contributed by atoms with Gasteiger partial charge in [0, 0.05) is 6.42 Å². The molecule has 15 heavy (non-hydrogen) atoms. The summed E-state index contributed by atoms with van der Waals surface area (Å²) in [4.78, 5) is 0. The fourth-order valence-electron chi connectivity index (χ4n) is 2.82. The first-order chi connectivity index (χ1) is 7.31. The van der Waals surface area contributed by atoms with E-state index in [1.54, 1.807) is 0 Å². The van der Waals surface area contributed by atoms with Gasteiger partial charge in [0.2, 0.25) is 0 Å². The minimum atomic E-state index is 0.180. The van der Waals surface area contributed by atoms with Gasteiger partial charge >= 0.3 is 0 Å². The molecule has 84 valence electrons. The van der Waals surface area contributed by atoms with E-state index >= 15 is 0 Å². The van der Waals surface area contributed by atoms with Crippen LogP contribution in [-0.4, -0.2) is 0 Å². The molecule has 0 atom stereocenters. The second-order valence-electron chi connectivity index (χ2n) is 4.85. The van der Waals surface area contributed by atoms with Crippen molar-refractivity contribution in [2.45, 2.75) is 58.3 Å². The lowest BCUT2D eigenvalue weighted by atomic mass is 9.80. The number of allylic oxidation sites excluding steroid dienone is 4. The molecule has 0 saturated heterocycles. The Kier molecular flexibility index (Phi) is 3.61. The van der Waals surface area contributed by atoms with Crippen molar-refractivity contribution < 1.29 is 4.39 Å². The SMILES string of the molecule is CCC1=CC(C2CCCCC2)=C(F)CC1. The van der Waals surface area contributed by atoms with Gasteiger partial charge in [-0.3, -0.25) is 0 Å². The van der Waals surface area contributed by atoms with Crippen LogP contribution in [-0.2, 0) is 0 Å². The molecule has 0 radical (unpaired) electrons. The highest BCUT2D eigenvalue weighted by Crippen LogP contribution is 2.37. The average molecular weight is 208 g/mol. The molecule has 0 aromatic rings. The van der Waals surface area contributed by atoms with E-state index in [1.165, 1.54) is 37.7 Å². The molecule has 0 aliphatic heterocycles. The van der Waals surface area contributed by atoms with E-state index in [0.29, 0.717) is 12.3 Å². The molecule has 0 unspecified atom stereocenters. The van der Waals surface area contributed by atoms with Crippen molar-refractivity contribution in [1.29, 1.82) is 0 Å². The monoisotopic (exact) mass is 208 g/mol. The van der Waals surface area contributed by atoms with Crippen LogP contribution in [0.2, 0.25) is 0 Å². The predicted molar refractivity (Wildman–Crippen MR) is 62.3 cm³/mol. The van der Waals surface area contributed by atoms with Crippen molar-refractivity contribution in [2.24, 2.45) is 5.92 Å². The van der Waals surface area contributed by atoms with E-state index < -0.39 is 0 Å². The molecular formula is C14H21F. The summed E-state index contributed by atoms with van der Waals surface area (Å²) in [5, 5.41) is 0. The molecule has 2 aliphatic carbocycles. The molecule has 0 heterocycles. The van der Waals surface area contributed by atoms with Gasteiger partial charge in [0.05, 0.1) is 0 Å². The topological polar surface area (TPSA) is 0 Å². The molecule has 0 amide bonds. The third kappa shape index (κ3) is 2.50. The quantitative estimate of drug-likeness (QED) is 0.604. The summed E-state index contributed by atoms with van der Waals surface area (Å²) < 4.78 is 13.8. The van der Waals surface area contributed by atoms with Gasteiger partial charge in [-0.05, 0) is 37.2 Å². The van der Waals surface area contributed by atoms with Crippen molar-refractivity contribution in [3.05, 3.63) is 23.0 Å². The fourth-order valence-corrected chi connectivity index (χ4v) is 2.82. The molecule has 0 spiro atoms. The molecule has 1 saturated carbocycles. The summed E-state index contributed by atoms with van der Waals surface area (Å²) in [6.07, 6.45) is 11.2. The van der Waals surface area contributed by atoms with Gasteiger partial charge in [-0.15, -0.1) is 0 Å². The lowest BCUT2D eigenvalue weighted by molar-refractivity contribution is 0.393. The maximum Gasteiger partial charge on any atom is 0.104 e. The summed E-state index contributed by atoms with van der Waals surface area (Å²) in [7, 11) is 0. The molecule has 2 aliphatic rings. The zero-order valence-electron chi connectivity index (χ0n) is 9.69. The van der Waals surface area contributed by atoms with Gasteiger partial charge in [-0.1, -0.05) is 37.8 Å². The molecule has 2 rings (SSSR count). The lowest BCUT2D eigenvalue weighted by Crippen LogP contribution is -2.11. The first kappa shape index (κ1) is 10.9. The third-order valence-electron chi connectivity index (χ3n) is 3.84.